The molecule has 160 valence electrons. The highest BCUT2D eigenvalue weighted by atomic mass is 16.6. The van der Waals surface area contributed by atoms with Crippen LogP contribution in [-0.4, -0.2) is 40.1 Å². The molecule has 0 unspecified atom stereocenters. The third kappa shape index (κ3) is 5.09. The molecule has 0 spiro atoms. The number of hydrogen-bond acceptors (Lipinski definition) is 6. The Hall–Kier alpha value is -3.68. The van der Waals surface area contributed by atoms with E-state index in [2.05, 4.69) is 15.5 Å². The van der Waals surface area contributed by atoms with Crippen LogP contribution in [0.4, 0.5) is 10.5 Å². The number of hydrogen-bond donors (Lipinski definition) is 1. The maximum absolute atomic E-state index is 12.4. The van der Waals surface area contributed by atoms with E-state index in [0.29, 0.717) is 31.8 Å². The molecule has 0 radical (unpaired) electrons. The number of rotatable bonds is 5. The molecular weight excluding hydrogens is 396 g/mol. The van der Waals surface area contributed by atoms with Gasteiger partial charge in [-0.3, -0.25) is 4.79 Å². The van der Waals surface area contributed by atoms with Gasteiger partial charge in [-0.15, -0.1) is 0 Å². The largest absolute Gasteiger partial charge is 0.455 e. The molecule has 0 aliphatic carbocycles. The summed E-state index contributed by atoms with van der Waals surface area (Å²) >= 11 is 0. The number of benzene rings is 2. The van der Waals surface area contributed by atoms with Crippen LogP contribution in [0.2, 0.25) is 0 Å². The second kappa shape index (κ2) is 9.42. The van der Waals surface area contributed by atoms with E-state index in [1.54, 1.807) is 4.90 Å². The summed E-state index contributed by atoms with van der Waals surface area (Å²) in [7, 11) is 0. The van der Waals surface area contributed by atoms with Gasteiger partial charge in [-0.25, -0.2) is 4.79 Å². The summed E-state index contributed by atoms with van der Waals surface area (Å²) < 4.78 is 10.6. The monoisotopic (exact) mass is 420 g/mol. The van der Waals surface area contributed by atoms with Gasteiger partial charge in [0.05, 0.1) is 5.92 Å². The van der Waals surface area contributed by atoms with E-state index in [-0.39, 0.29) is 30.4 Å². The van der Waals surface area contributed by atoms with Crippen molar-refractivity contribution in [1.29, 1.82) is 0 Å². The average molecular weight is 420 g/mol. The number of ether oxygens (including phenoxy) is 1. The van der Waals surface area contributed by atoms with Gasteiger partial charge in [0, 0.05) is 24.3 Å². The van der Waals surface area contributed by atoms with E-state index in [1.807, 2.05) is 61.5 Å². The van der Waals surface area contributed by atoms with E-state index >= 15 is 0 Å². The molecule has 0 saturated carbocycles. The zero-order chi connectivity index (χ0) is 21.6. The van der Waals surface area contributed by atoms with Gasteiger partial charge in [-0.05, 0) is 37.5 Å². The van der Waals surface area contributed by atoms with Crippen molar-refractivity contribution in [2.24, 2.45) is 5.92 Å². The van der Waals surface area contributed by atoms with Crippen LogP contribution in [0.15, 0.2) is 59.1 Å². The van der Waals surface area contributed by atoms with E-state index in [9.17, 15) is 9.59 Å². The van der Waals surface area contributed by atoms with Crippen molar-refractivity contribution < 1.29 is 18.8 Å². The molecule has 1 aromatic heterocycles. The Morgan fingerprint density at radius 1 is 1.10 bits per heavy atom. The van der Waals surface area contributed by atoms with Gasteiger partial charge in [0.1, 0.15) is 0 Å². The smallest absolute Gasteiger partial charge is 0.321 e. The Morgan fingerprint density at radius 2 is 1.81 bits per heavy atom. The Kier molecular flexibility index (Phi) is 6.26. The molecule has 2 amide bonds. The number of piperidine rings is 1. The van der Waals surface area contributed by atoms with Crippen LogP contribution in [0.25, 0.3) is 11.4 Å². The predicted molar refractivity (Wildman–Crippen MR) is 114 cm³/mol. The van der Waals surface area contributed by atoms with Crippen LogP contribution in [0.3, 0.4) is 0 Å². The maximum atomic E-state index is 12.4. The molecular formula is C23H24N4O4. The molecule has 0 atom stereocenters. The second-order valence-electron chi connectivity index (χ2n) is 7.49. The number of carbonyl (C=O) groups excluding carboxylic acids is 2. The lowest BCUT2D eigenvalue weighted by Gasteiger charge is -2.30. The molecule has 3 aromatic rings. The van der Waals surface area contributed by atoms with Crippen molar-refractivity contribution in [1.82, 2.24) is 15.0 Å². The average Bonchev–Trinajstić information content (AvgIpc) is 3.27. The van der Waals surface area contributed by atoms with Crippen LogP contribution in [0, 0.1) is 12.8 Å². The Labute approximate surface area is 180 Å². The molecule has 1 fully saturated rings. The molecule has 2 heterocycles. The van der Waals surface area contributed by atoms with E-state index in [4.69, 9.17) is 9.26 Å². The minimum atomic E-state index is -0.307. The van der Waals surface area contributed by atoms with Crippen LogP contribution in [-0.2, 0) is 16.1 Å². The fourth-order valence-electron chi connectivity index (χ4n) is 3.54. The number of esters is 1. The van der Waals surface area contributed by atoms with E-state index in [0.717, 1.165) is 16.8 Å². The molecule has 1 saturated heterocycles. The first-order valence-corrected chi connectivity index (χ1v) is 10.3. The number of nitrogens with one attached hydrogen (secondary N) is 1. The van der Waals surface area contributed by atoms with Crippen molar-refractivity contribution in [3.8, 4) is 11.4 Å². The van der Waals surface area contributed by atoms with E-state index < -0.39 is 0 Å². The summed E-state index contributed by atoms with van der Waals surface area (Å²) in [6.07, 6.45) is 1.11. The SMILES string of the molecule is Cc1ccccc1-c1noc(COC(=O)C2CCN(C(=O)Nc3ccccc3)CC2)n1. The van der Waals surface area contributed by atoms with Crippen LogP contribution >= 0.6 is 0 Å². The van der Waals surface area contributed by atoms with Gasteiger partial charge in [0.15, 0.2) is 6.61 Å². The number of para-hydroxylation sites is 1. The van der Waals surface area contributed by atoms with Crippen molar-refractivity contribution >= 4 is 17.7 Å². The zero-order valence-corrected chi connectivity index (χ0v) is 17.3. The van der Waals surface area contributed by atoms with Crippen molar-refractivity contribution in [2.45, 2.75) is 26.4 Å². The second-order valence-corrected chi connectivity index (χ2v) is 7.49. The predicted octanol–water partition coefficient (Wildman–Crippen LogP) is 4.03. The molecule has 0 bridgehead atoms. The molecule has 1 aliphatic heterocycles. The molecule has 1 aliphatic rings. The Morgan fingerprint density at radius 3 is 2.55 bits per heavy atom. The van der Waals surface area contributed by atoms with Gasteiger partial charge in [-0.2, -0.15) is 4.98 Å². The number of aryl methyl sites for hydroxylation is 1. The fraction of sp³-hybridized carbons (Fsp3) is 0.304. The van der Waals surface area contributed by atoms with Crippen LogP contribution in [0.1, 0.15) is 24.3 Å². The number of anilines is 1. The summed E-state index contributed by atoms with van der Waals surface area (Å²) in [4.78, 5) is 30.8. The highest BCUT2D eigenvalue weighted by Crippen LogP contribution is 2.22. The van der Waals surface area contributed by atoms with Gasteiger partial charge in [-0.1, -0.05) is 47.6 Å². The quantitative estimate of drug-likeness (QED) is 0.626. The topological polar surface area (TPSA) is 97.6 Å². The number of amides is 2. The summed E-state index contributed by atoms with van der Waals surface area (Å²) in [5.41, 5.74) is 2.67. The number of likely N-dealkylation sites (tertiary alicyclic amines) is 1. The van der Waals surface area contributed by atoms with Crippen molar-refractivity contribution in [3.63, 3.8) is 0 Å². The Balaban J connectivity index is 1.24. The Bertz CT molecular complexity index is 1040. The molecule has 2 aromatic carbocycles. The van der Waals surface area contributed by atoms with Crippen molar-refractivity contribution in [2.75, 3.05) is 18.4 Å². The molecule has 8 nitrogen and oxygen atoms in total. The minimum absolute atomic E-state index is 0.0631. The lowest BCUT2D eigenvalue weighted by molar-refractivity contribution is -0.152. The summed E-state index contributed by atoms with van der Waals surface area (Å²) in [5, 5.41) is 6.84. The minimum Gasteiger partial charge on any atom is -0.455 e. The summed E-state index contributed by atoms with van der Waals surface area (Å²) in [6.45, 7) is 2.90. The van der Waals surface area contributed by atoms with Gasteiger partial charge >= 0.3 is 12.0 Å². The summed E-state index contributed by atoms with van der Waals surface area (Å²) in [5.74, 6) is 0.173. The van der Waals surface area contributed by atoms with E-state index in [1.165, 1.54) is 0 Å². The third-order valence-corrected chi connectivity index (χ3v) is 5.33. The fourth-order valence-corrected chi connectivity index (χ4v) is 3.54. The molecule has 1 N–H and O–H groups in total. The summed E-state index contributed by atoms with van der Waals surface area (Å²) in [6, 6.07) is 16.9. The number of aromatic nitrogens is 2. The zero-order valence-electron chi connectivity index (χ0n) is 17.3. The third-order valence-electron chi connectivity index (χ3n) is 5.33. The highest BCUT2D eigenvalue weighted by Gasteiger charge is 2.29. The number of urea groups is 1. The van der Waals surface area contributed by atoms with Gasteiger partial charge in [0.2, 0.25) is 5.82 Å². The van der Waals surface area contributed by atoms with Crippen LogP contribution in [0.5, 0.6) is 0 Å². The number of carbonyl (C=O) groups is 2. The van der Waals surface area contributed by atoms with Gasteiger partial charge in [0.25, 0.3) is 5.89 Å². The van der Waals surface area contributed by atoms with Crippen molar-refractivity contribution in [3.05, 3.63) is 66.1 Å². The first kappa shape index (κ1) is 20.6. The van der Waals surface area contributed by atoms with Gasteiger partial charge < -0.3 is 19.5 Å². The number of nitrogens with zero attached hydrogens (tertiary/aromatic N) is 3. The van der Waals surface area contributed by atoms with Crippen LogP contribution < -0.4 is 5.32 Å². The highest BCUT2D eigenvalue weighted by molar-refractivity contribution is 5.89. The lowest BCUT2D eigenvalue weighted by Crippen LogP contribution is -2.42. The maximum Gasteiger partial charge on any atom is 0.321 e. The first-order chi connectivity index (χ1) is 15.1. The molecule has 31 heavy (non-hydrogen) atoms. The normalized spacial score (nSPS) is 14.3. The molecule has 4 rings (SSSR count). The standard InChI is InChI=1S/C23H24N4O4/c1-16-7-5-6-10-19(16)21-25-20(31-26-21)15-30-22(28)17-11-13-27(14-12-17)23(29)24-18-8-3-2-4-9-18/h2-10,17H,11-15H2,1H3,(H,24,29). The lowest BCUT2D eigenvalue weighted by atomic mass is 9.97. The molecule has 8 heteroatoms. The first-order valence-electron chi connectivity index (χ1n) is 10.3.